The summed E-state index contributed by atoms with van der Waals surface area (Å²) in [6.45, 7) is 4.43. The molecule has 0 aliphatic carbocycles. The van der Waals surface area contributed by atoms with Gasteiger partial charge in [0.2, 0.25) is 0 Å². The molecule has 11 heavy (non-hydrogen) atoms. The van der Waals surface area contributed by atoms with Gasteiger partial charge in [-0.15, -0.1) is 11.3 Å². The number of anilines is 1. The van der Waals surface area contributed by atoms with Crippen molar-refractivity contribution >= 4 is 16.5 Å². The van der Waals surface area contributed by atoms with Crippen LogP contribution < -0.4 is 5.73 Å². The lowest BCUT2D eigenvalue weighted by Gasteiger charge is -2.03. The first-order valence-electron chi connectivity index (χ1n) is 3.92. The van der Waals surface area contributed by atoms with Crippen molar-refractivity contribution in [1.82, 2.24) is 4.98 Å². The van der Waals surface area contributed by atoms with Crippen LogP contribution in [0.25, 0.3) is 0 Å². The van der Waals surface area contributed by atoms with E-state index in [-0.39, 0.29) is 0 Å². The molecule has 0 fully saturated rings. The first-order valence-corrected chi connectivity index (χ1v) is 4.80. The number of nitrogens with zero attached hydrogens (tertiary/aromatic N) is 1. The molecule has 1 heterocycles. The van der Waals surface area contributed by atoms with Gasteiger partial charge in [0.05, 0.1) is 5.69 Å². The summed E-state index contributed by atoms with van der Waals surface area (Å²) >= 11 is 1.52. The fourth-order valence-corrected chi connectivity index (χ4v) is 1.49. The van der Waals surface area contributed by atoms with Crippen LogP contribution in [0.2, 0.25) is 0 Å². The van der Waals surface area contributed by atoms with Crippen LogP contribution in [0.5, 0.6) is 0 Å². The number of nitrogen functional groups attached to an aromatic ring is 1. The molecule has 1 aromatic heterocycles. The van der Waals surface area contributed by atoms with E-state index in [9.17, 15) is 0 Å². The van der Waals surface area contributed by atoms with E-state index in [0.29, 0.717) is 5.13 Å². The first kappa shape index (κ1) is 8.53. The lowest BCUT2D eigenvalue weighted by atomic mass is 10.0. The van der Waals surface area contributed by atoms with Crippen molar-refractivity contribution in [2.24, 2.45) is 5.92 Å². The summed E-state index contributed by atoms with van der Waals surface area (Å²) in [6.07, 6.45) is 2.27. The Morgan fingerprint density at radius 1 is 1.73 bits per heavy atom. The molecule has 0 radical (unpaired) electrons. The zero-order valence-corrected chi connectivity index (χ0v) is 7.82. The monoisotopic (exact) mass is 170 g/mol. The van der Waals surface area contributed by atoms with Crippen LogP contribution in [0.15, 0.2) is 5.38 Å². The second-order valence-corrected chi connectivity index (χ2v) is 3.78. The summed E-state index contributed by atoms with van der Waals surface area (Å²) in [4.78, 5) is 4.19. The third-order valence-electron chi connectivity index (χ3n) is 1.82. The number of aromatic nitrogens is 1. The summed E-state index contributed by atoms with van der Waals surface area (Å²) in [7, 11) is 0. The standard InChI is InChI=1S/C8H14N2S/c1-3-6(2)4-7-5-11-8(9)10-7/h5-6H,3-4H2,1-2H3,(H2,9,10). The number of hydrogen-bond acceptors (Lipinski definition) is 3. The van der Waals surface area contributed by atoms with E-state index in [1.165, 1.54) is 17.8 Å². The van der Waals surface area contributed by atoms with Gasteiger partial charge in [-0.3, -0.25) is 0 Å². The van der Waals surface area contributed by atoms with Crippen molar-refractivity contribution < 1.29 is 0 Å². The molecule has 0 bridgehead atoms. The fourth-order valence-electron chi connectivity index (χ4n) is 0.918. The summed E-state index contributed by atoms with van der Waals surface area (Å²) < 4.78 is 0. The van der Waals surface area contributed by atoms with Crippen LogP contribution in [0.4, 0.5) is 5.13 Å². The molecular weight excluding hydrogens is 156 g/mol. The Morgan fingerprint density at radius 3 is 2.91 bits per heavy atom. The van der Waals surface area contributed by atoms with E-state index in [1.54, 1.807) is 0 Å². The Balaban J connectivity index is 2.50. The molecule has 2 N–H and O–H groups in total. The van der Waals surface area contributed by atoms with Gasteiger partial charge in [-0.2, -0.15) is 0 Å². The predicted octanol–water partition coefficient (Wildman–Crippen LogP) is 2.31. The highest BCUT2D eigenvalue weighted by Crippen LogP contribution is 2.15. The third kappa shape index (κ3) is 2.50. The highest BCUT2D eigenvalue weighted by Gasteiger charge is 2.03. The van der Waals surface area contributed by atoms with E-state index in [1.807, 2.05) is 5.38 Å². The second-order valence-electron chi connectivity index (χ2n) is 2.89. The van der Waals surface area contributed by atoms with Gasteiger partial charge in [-0.25, -0.2) is 4.98 Å². The quantitative estimate of drug-likeness (QED) is 0.756. The molecule has 1 unspecified atom stereocenters. The molecule has 0 amide bonds. The molecule has 2 nitrogen and oxygen atoms in total. The maximum absolute atomic E-state index is 5.50. The van der Waals surface area contributed by atoms with Crippen LogP contribution in [0.3, 0.4) is 0 Å². The smallest absolute Gasteiger partial charge is 0.180 e. The molecule has 0 aliphatic rings. The number of hydrogen-bond donors (Lipinski definition) is 1. The molecule has 0 spiro atoms. The minimum absolute atomic E-state index is 0.684. The Bertz CT molecular complexity index is 220. The fraction of sp³-hybridized carbons (Fsp3) is 0.625. The van der Waals surface area contributed by atoms with Gasteiger partial charge in [-0.1, -0.05) is 20.3 Å². The van der Waals surface area contributed by atoms with E-state index in [0.717, 1.165) is 18.0 Å². The SMILES string of the molecule is CCC(C)Cc1csc(N)n1. The molecule has 0 saturated carbocycles. The lowest BCUT2D eigenvalue weighted by Crippen LogP contribution is -1.98. The Labute approximate surface area is 71.5 Å². The molecule has 0 aromatic carbocycles. The van der Waals surface area contributed by atoms with Crippen LogP contribution >= 0.6 is 11.3 Å². The maximum atomic E-state index is 5.50. The van der Waals surface area contributed by atoms with Crippen molar-refractivity contribution in [3.8, 4) is 0 Å². The van der Waals surface area contributed by atoms with Crippen molar-refractivity contribution in [2.75, 3.05) is 5.73 Å². The van der Waals surface area contributed by atoms with Gasteiger partial charge in [0.25, 0.3) is 0 Å². The summed E-state index contributed by atoms with van der Waals surface area (Å²) in [5, 5.41) is 2.73. The Hall–Kier alpha value is -0.570. The highest BCUT2D eigenvalue weighted by atomic mass is 32.1. The maximum Gasteiger partial charge on any atom is 0.180 e. The molecule has 62 valence electrons. The molecule has 0 saturated heterocycles. The van der Waals surface area contributed by atoms with Crippen molar-refractivity contribution in [1.29, 1.82) is 0 Å². The van der Waals surface area contributed by atoms with Crippen LogP contribution in [-0.2, 0) is 6.42 Å². The minimum atomic E-state index is 0.684. The highest BCUT2D eigenvalue weighted by molar-refractivity contribution is 7.13. The molecule has 3 heteroatoms. The van der Waals surface area contributed by atoms with Crippen molar-refractivity contribution in [2.45, 2.75) is 26.7 Å². The number of thiazole rings is 1. The predicted molar refractivity (Wildman–Crippen MR) is 49.7 cm³/mol. The average Bonchev–Trinajstić information content (AvgIpc) is 2.35. The van der Waals surface area contributed by atoms with Crippen LogP contribution in [0.1, 0.15) is 26.0 Å². The topological polar surface area (TPSA) is 38.9 Å². The van der Waals surface area contributed by atoms with E-state index >= 15 is 0 Å². The van der Waals surface area contributed by atoms with Crippen molar-refractivity contribution in [3.63, 3.8) is 0 Å². The molecule has 1 atom stereocenters. The van der Waals surface area contributed by atoms with Crippen molar-refractivity contribution in [3.05, 3.63) is 11.1 Å². The zero-order valence-electron chi connectivity index (χ0n) is 7.00. The van der Waals surface area contributed by atoms with Gasteiger partial charge in [0, 0.05) is 5.38 Å². The average molecular weight is 170 g/mol. The summed E-state index contributed by atoms with van der Waals surface area (Å²) in [5.74, 6) is 0.719. The number of rotatable bonds is 3. The third-order valence-corrected chi connectivity index (χ3v) is 2.55. The molecule has 0 aliphatic heterocycles. The number of nitrogens with two attached hydrogens (primary N) is 1. The first-order chi connectivity index (χ1) is 5.22. The molecule has 1 aromatic rings. The largest absolute Gasteiger partial charge is 0.375 e. The van der Waals surface area contributed by atoms with Gasteiger partial charge in [-0.05, 0) is 12.3 Å². The zero-order chi connectivity index (χ0) is 8.27. The summed E-state index contributed by atoms with van der Waals surface area (Å²) in [6, 6.07) is 0. The Morgan fingerprint density at radius 2 is 2.45 bits per heavy atom. The van der Waals surface area contributed by atoms with Gasteiger partial charge in [0.15, 0.2) is 5.13 Å². The Kier molecular flexibility index (Phi) is 2.88. The molecule has 1 rings (SSSR count). The summed E-state index contributed by atoms with van der Waals surface area (Å²) in [5.41, 5.74) is 6.64. The van der Waals surface area contributed by atoms with Gasteiger partial charge >= 0.3 is 0 Å². The van der Waals surface area contributed by atoms with E-state index < -0.39 is 0 Å². The van der Waals surface area contributed by atoms with Gasteiger partial charge < -0.3 is 5.73 Å². The van der Waals surface area contributed by atoms with Crippen LogP contribution in [0, 0.1) is 5.92 Å². The van der Waals surface area contributed by atoms with E-state index in [2.05, 4.69) is 18.8 Å². The van der Waals surface area contributed by atoms with Crippen LogP contribution in [-0.4, -0.2) is 4.98 Å². The molecular formula is C8H14N2S. The minimum Gasteiger partial charge on any atom is -0.375 e. The van der Waals surface area contributed by atoms with Gasteiger partial charge in [0.1, 0.15) is 0 Å². The normalized spacial score (nSPS) is 13.3. The lowest BCUT2D eigenvalue weighted by molar-refractivity contribution is 0.554. The second kappa shape index (κ2) is 3.72. The van der Waals surface area contributed by atoms with E-state index in [4.69, 9.17) is 5.73 Å².